The fraction of sp³-hybridized carbons (Fsp3) is 0.400. The highest BCUT2D eigenvalue weighted by atomic mass is 16.5. The second-order valence-corrected chi connectivity index (χ2v) is 6.39. The van der Waals surface area contributed by atoms with Gasteiger partial charge in [-0.05, 0) is 48.1 Å². The van der Waals surface area contributed by atoms with Crippen LogP contribution in [0, 0.1) is 5.92 Å². The lowest BCUT2D eigenvalue weighted by Crippen LogP contribution is -2.36. The van der Waals surface area contributed by atoms with Gasteiger partial charge in [0.25, 0.3) is 0 Å². The van der Waals surface area contributed by atoms with Gasteiger partial charge < -0.3 is 20.1 Å². The molecule has 2 aromatic rings. The lowest BCUT2D eigenvalue weighted by atomic mass is 10.2. The maximum absolute atomic E-state index is 5.73. The Morgan fingerprint density at radius 2 is 1.92 bits per heavy atom. The number of pyridine rings is 1. The Bertz CT molecular complexity index is 744. The molecule has 6 heteroatoms. The summed E-state index contributed by atoms with van der Waals surface area (Å²) in [6, 6.07) is 11.9. The molecule has 138 valence electrons. The van der Waals surface area contributed by atoms with Crippen molar-refractivity contribution in [2.45, 2.75) is 25.9 Å². The maximum Gasteiger partial charge on any atom is 0.213 e. The summed E-state index contributed by atoms with van der Waals surface area (Å²) in [6.45, 7) is 2.09. The third-order valence-electron chi connectivity index (χ3n) is 4.24. The van der Waals surface area contributed by atoms with E-state index < -0.39 is 0 Å². The highest BCUT2D eigenvalue weighted by Gasteiger charge is 2.22. The van der Waals surface area contributed by atoms with Gasteiger partial charge in [0, 0.05) is 32.4 Å². The van der Waals surface area contributed by atoms with E-state index in [1.54, 1.807) is 20.4 Å². The Balaban J connectivity index is 1.48. The van der Waals surface area contributed by atoms with Gasteiger partial charge in [-0.15, -0.1) is 0 Å². The number of guanidine groups is 1. The molecule has 1 aromatic carbocycles. The molecule has 0 radical (unpaired) electrons. The minimum absolute atomic E-state index is 0.653. The Morgan fingerprint density at radius 1 is 1.15 bits per heavy atom. The fourth-order valence-electron chi connectivity index (χ4n) is 2.50. The molecule has 0 atom stereocenters. The van der Waals surface area contributed by atoms with Crippen LogP contribution in [0.2, 0.25) is 0 Å². The smallest absolute Gasteiger partial charge is 0.213 e. The monoisotopic (exact) mass is 354 g/mol. The molecule has 0 aliphatic heterocycles. The summed E-state index contributed by atoms with van der Waals surface area (Å²) in [5.74, 6) is 3.00. The molecule has 2 N–H and O–H groups in total. The number of hydrogen-bond donors (Lipinski definition) is 2. The molecule has 1 aliphatic carbocycles. The van der Waals surface area contributed by atoms with Crippen molar-refractivity contribution in [3.63, 3.8) is 0 Å². The van der Waals surface area contributed by atoms with E-state index in [0.29, 0.717) is 19.0 Å². The van der Waals surface area contributed by atoms with Crippen molar-refractivity contribution >= 4 is 5.96 Å². The number of rotatable bonds is 8. The van der Waals surface area contributed by atoms with Crippen LogP contribution in [-0.2, 0) is 13.1 Å². The summed E-state index contributed by atoms with van der Waals surface area (Å²) < 4.78 is 11.0. The average molecular weight is 354 g/mol. The van der Waals surface area contributed by atoms with Crippen LogP contribution in [0.3, 0.4) is 0 Å². The lowest BCUT2D eigenvalue weighted by Gasteiger charge is -2.13. The zero-order valence-corrected chi connectivity index (χ0v) is 15.4. The summed E-state index contributed by atoms with van der Waals surface area (Å²) in [5, 5.41) is 6.62. The summed E-state index contributed by atoms with van der Waals surface area (Å²) in [4.78, 5) is 8.54. The SMILES string of the molecule is CN=C(NCc1cccc(OC)c1)NCc1ccnc(OCC2CC2)c1. The Kier molecular flexibility index (Phi) is 6.30. The van der Waals surface area contributed by atoms with Crippen molar-refractivity contribution in [1.82, 2.24) is 15.6 Å². The Hall–Kier alpha value is -2.76. The first-order valence-electron chi connectivity index (χ1n) is 8.92. The minimum Gasteiger partial charge on any atom is -0.497 e. The predicted octanol–water partition coefficient (Wildman–Crippen LogP) is 2.74. The number of ether oxygens (including phenoxy) is 2. The third-order valence-corrected chi connectivity index (χ3v) is 4.24. The number of nitrogens with zero attached hydrogens (tertiary/aromatic N) is 2. The van der Waals surface area contributed by atoms with Crippen molar-refractivity contribution < 1.29 is 9.47 Å². The van der Waals surface area contributed by atoms with Crippen molar-refractivity contribution in [3.8, 4) is 11.6 Å². The van der Waals surface area contributed by atoms with Crippen LogP contribution in [0.1, 0.15) is 24.0 Å². The predicted molar refractivity (Wildman–Crippen MR) is 102 cm³/mol. The van der Waals surface area contributed by atoms with E-state index in [1.807, 2.05) is 30.3 Å². The molecule has 0 unspecified atom stereocenters. The summed E-state index contributed by atoms with van der Waals surface area (Å²) in [6.07, 6.45) is 4.33. The van der Waals surface area contributed by atoms with Gasteiger partial charge in [-0.2, -0.15) is 0 Å². The van der Waals surface area contributed by atoms with E-state index >= 15 is 0 Å². The first-order valence-corrected chi connectivity index (χ1v) is 8.92. The quantitative estimate of drug-likeness (QED) is 0.564. The number of nitrogens with one attached hydrogen (secondary N) is 2. The molecular formula is C20H26N4O2. The largest absolute Gasteiger partial charge is 0.497 e. The zero-order valence-electron chi connectivity index (χ0n) is 15.4. The van der Waals surface area contributed by atoms with Crippen LogP contribution >= 0.6 is 0 Å². The average Bonchev–Trinajstić information content (AvgIpc) is 3.51. The van der Waals surface area contributed by atoms with E-state index in [0.717, 1.165) is 35.4 Å². The summed E-state index contributed by atoms with van der Waals surface area (Å²) >= 11 is 0. The Labute approximate surface area is 154 Å². The van der Waals surface area contributed by atoms with Crippen LogP contribution in [0.4, 0.5) is 0 Å². The zero-order chi connectivity index (χ0) is 18.2. The number of aromatic nitrogens is 1. The van der Waals surface area contributed by atoms with E-state index in [1.165, 1.54) is 12.8 Å². The molecule has 1 fully saturated rings. The topological polar surface area (TPSA) is 67.8 Å². The van der Waals surface area contributed by atoms with E-state index in [9.17, 15) is 0 Å². The van der Waals surface area contributed by atoms with Gasteiger partial charge in [0.05, 0.1) is 13.7 Å². The van der Waals surface area contributed by atoms with Crippen LogP contribution in [-0.4, -0.2) is 31.7 Å². The van der Waals surface area contributed by atoms with Crippen molar-refractivity contribution in [2.24, 2.45) is 10.9 Å². The highest BCUT2D eigenvalue weighted by molar-refractivity contribution is 5.79. The van der Waals surface area contributed by atoms with Gasteiger partial charge in [0.1, 0.15) is 5.75 Å². The van der Waals surface area contributed by atoms with Crippen LogP contribution in [0.25, 0.3) is 0 Å². The number of benzene rings is 1. The van der Waals surface area contributed by atoms with E-state index in [2.05, 4.69) is 26.7 Å². The molecule has 0 saturated heterocycles. The molecule has 3 rings (SSSR count). The number of hydrogen-bond acceptors (Lipinski definition) is 4. The van der Waals surface area contributed by atoms with Gasteiger partial charge in [0.15, 0.2) is 5.96 Å². The Morgan fingerprint density at radius 3 is 2.62 bits per heavy atom. The standard InChI is InChI=1S/C20H26N4O2/c1-21-20(23-12-16-4-3-5-18(10-16)25-2)24-13-17-8-9-22-19(11-17)26-14-15-6-7-15/h3-5,8-11,15H,6-7,12-14H2,1-2H3,(H2,21,23,24). The normalized spacial score (nSPS) is 14.0. The number of methoxy groups -OCH3 is 1. The fourth-order valence-corrected chi connectivity index (χ4v) is 2.50. The molecule has 0 bridgehead atoms. The molecule has 1 aromatic heterocycles. The molecule has 26 heavy (non-hydrogen) atoms. The molecule has 1 heterocycles. The van der Waals surface area contributed by atoms with Crippen LogP contribution in [0.15, 0.2) is 47.6 Å². The van der Waals surface area contributed by atoms with Gasteiger partial charge in [0.2, 0.25) is 5.88 Å². The molecule has 0 amide bonds. The van der Waals surface area contributed by atoms with Crippen LogP contribution in [0.5, 0.6) is 11.6 Å². The molecular weight excluding hydrogens is 328 g/mol. The van der Waals surface area contributed by atoms with Gasteiger partial charge in [-0.1, -0.05) is 12.1 Å². The van der Waals surface area contributed by atoms with Gasteiger partial charge in [-0.3, -0.25) is 4.99 Å². The second-order valence-electron chi connectivity index (χ2n) is 6.39. The molecule has 6 nitrogen and oxygen atoms in total. The highest BCUT2D eigenvalue weighted by Crippen LogP contribution is 2.29. The van der Waals surface area contributed by atoms with Crippen molar-refractivity contribution in [2.75, 3.05) is 20.8 Å². The van der Waals surface area contributed by atoms with Crippen molar-refractivity contribution in [3.05, 3.63) is 53.7 Å². The van der Waals surface area contributed by atoms with E-state index in [4.69, 9.17) is 9.47 Å². The first kappa shape index (κ1) is 18.0. The van der Waals surface area contributed by atoms with E-state index in [-0.39, 0.29) is 0 Å². The summed E-state index contributed by atoms with van der Waals surface area (Å²) in [5.41, 5.74) is 2.24. The van der Waals surface area contributed by atoms with Gasteiger partial charge >= 0.3 is 0 Å². The first-order chi connectivity index (χ1) is 12.8. The summed E-state index contributed by atoms with van der Waals surface area (Å²) in [7, 11) is 3.43. The lowest BCUT2D eigenvalue weighted by molar-refractivity contribution is 0.288. The maximum atomic E-state index is 5.73. The van der Waals surface area contributed by atoms with Gasteiger partial charge in [-0.25, -0.2) is 4.98 Å². The number of aliphatic imine (C=N–C) groups is 1. The second kappa shape index (κ2) is 9.08. The third kappa shape index (κ3) is 5.65. The molecule has 1 saturated carbocycles. The molecule has 0 spiro atoms. The minimum atomic E-state index is 0.653. The van der Waals surface area contributed by atoms with Crippen LogP contribution < -0.4 is 20.1 Å². The van der Waals surface area contributed by atoms with Crippen molar-refractivity contribution in [1.29, 1.82) is 0 Å². The molecule has 1 aliphatic rings.